The highest BCUT2D eigenvalue weighted by Crippen LogP contribution is 2.21. The molecule has 1 saturated heterocycles. The van der Waals surface area contributed by atoms with Crippen LogP contribution in [-0.4, -0.2) is 36.9 Å². The van der Waals surface area contributed by atoms with Crippen molar-refractivity contribution in [1.29, 1.82) is 0 Å². The van der Waals surface area contributed by atoms with Crippen LogP contribution < -0.4 is 4.90 Å². The Bertz CT molecular complexity index is 397. The maximum absolute atomic E-state index is 13.0. The van der Waals surface area contributed by atoms with Gasteiger partial charge in [0, 0.05) is 5.69 Å². The average molecular weight is 225 g/mol. The van der Waals surface area contributed by atoms with Crippen LogP contribution in [0.1, 0.15) is 0 Å². The molecule has 1 atom stereocenters. The highest BCUT2D eigenvalue weighted by Gasteiger charge is 2.29. The molecule has 0 aromatic heterocycles. The van der Waals surface area contributed by atoms with Gasteiger partial charge >= 0.3 is 0 Å². The number of carbonyl (C=O) groups excluding carboxylic acids is 1. The third-order valence-corrected chi connectivity index (χ3v) is 2.47. The third-order valence-electron chi connectivity index (χ3n) is 2.47. The first-order valence-corrected chi connectivity index (χ1v) is 4.98. The first kappa shape index (κ1) is 11.0. The van der Waals surface area contributed by atoms with Crippen molar-refractivity contribution in [2.75, 3.05) is 24.7 Å². The van der Waals surface area contributed by atoms with Crippen molar-refractivity contribution in [2.45, 2.75) is 6.04 Å². The number of halogens is 1. The lowest BCUT2D eigenvalue weighted by Gasteiger charge is -2.34. The number of amides is 1. The Morgan fingerprint density at radius 1 is 1.56 bits per heavy atom. The van der Waals surface area contributed by atoms with E-state index in [2.05, 4.69) is 0 Å². The molecule has 0 spiro atoms. The number of morpholine rings is 1. The molecule has 0 bridgehead atoms. The number of anilines is 1. The van der Waals surface area contributed by atoms with Gasteiger partial charge in [-0.25, -0.2) is 4.39 Å². The lowest BCUT2D eigenvalue weighted by molar-refractivity contribution is -0.128. The molecular weight excluding hydrogens is 213 g/mol. The fourth-order valence-electron chi connectivity index (χ4n) is 1.75. The Morgan fingerprint density at radius 3 is 3.06 bits per heavy atom. The van der Waals surface area contributed by atoms with Gasteiger partial charge in [-0.15, -0.1) is 0 Å². The predicted molar refractivity (Wildman–Crippen MR) is 55.6 cm³/mol. The molecule has 16 heavy (non-hydrogen) atoms. The minimum absolute atomic E-state index is 0.0347. The first-order valence-electron chi connectivity index (χ1n) is 4.98. The summed E-state index contributed by atoms with van der Waals surface area (Å²) < 4.78 is 18.1. The van der Waals surface area contributed by atoms with Crippen molar-refractivity contribution >= 4 is 11.6 Å². The molecule has 1 heterocycles. The highest BCUT2D eigenvalue weighted by molar-refractivity contribution is 5.95. The average Bonchev–Trinajstić information content (AvgIpc) is 2.28. The number of aliphatic hydroxyl groups is 1. The van der Waals surface area contributed by atoms with Crippen LogP contribution >= 0.6 is 0 Å². The van der Waals surface area contributed by atoms with Gasteiger partial charge in [0.2, 0.25) is 0 Å². The van der Waals surface area contributed by atoms with Crippen molar-refractivity contribution < 1.29 is 19.0 Å². The van der Waals surface area contributed by atoms with E-state index in [1.807, 2.05) is 0 Å². The van der Waals surface area contributed by atoms with E-state index in [-0.39, 0.29) is 25.7 Å². The van der Waals surface area contributed by atoms with Gasteiger partial charge in [0.1, 0.15) is 12.4 Å². The fraction of sp³-hybridized carbons (Fsp3) is 0.364. The van der Waals surface area contributed by atoms with E-state index in [0.29, 0.717) is 5.69 Å². The molecule has 0 radical (unpaired) electrons. The van der Waals surface area contributed by atoms with Gasteiger partial charge in [-0.3, -0.25) is 4.79 Å². The van der Waals surface area contributed by atoms with E-state index < -0.39 is 11.9 Å². The molecule has 5 heteroatoms. The van der Waals surface area contributed by atoms with Gasteiger partial charge in [0.25, 0.3) is 5.91 Å². The van der Waals surface area contributed by atoms with Gasteiger partial charge in [-0.1, -0.05) is 6.07 Å². The van der Waals surface area contributed by atoms with Crippen LogP contribution in [0.4, 0.5) is 10.1 Å². The molecule has 2 rings (SSSR count). The third kappa shape index (κ3) is 2.05. The SMILES string of the molecule is O=C1COCC(CO)N1c1cccc(F)c1. The Labute approximate surface area is 92.2 Å². The second-order valence-corrected chi connectivity index (χ2v) is 3.60. The highest BCUT2D eigenvalue weighted by atomic mass is 19.1. The Hall–Kier alpha value is -1.46. The van der Waals surface area contributed by atoms with Crippen LogP contribution in [-0.2, 0) is 9.53 Å². The Kier molecular flexibility index (Phi) is 3.17. The molecule has 1 N–H and O–H groups in total. The zero-order valence-corrected chi connectivity index (χ0v) is 8.60. The summed E-state index contributed by atoms with van der Waals surface area (Å²) in [6.07, 6.45) is 0. The zero-order valence-electron chi connectivity index (χ0n) is 8.60. The second kappa shape index (κ2) is 4.59. The summed E-state index contributed by atoms with van der Waals surface area (Å²) in [7, 11) is 0. The first-order chi connectivity index (χ1) is 7.72. The number of rotatable bonds is 2. The molecule has 1 aliphatic rings. The van der Waals surface area contributed by atoms with Crippen molar-refractivity contribution in [3.05, 3.63) is 30.1 Å². The van der Waals surface area contributed by atoms with Gasteiger partial charge in [0.15, 0.2) is 0 Å². The van der Waals surface area contributed by atoms with E-state index in [1.54, 1.807) is 6.07 Å². The largest absolute Gasteiger partial charge is 0.394 e. The minimum atomic E-state index is -0.442. The Morgan fingerprint density at radius 2 is 2.38 bits per heavy atom. The van der Waals surface area contributed by atoms with Crippen LogP contribution in [0.2, 0.25) is 0 Å². The normalized spacial score (nSPS) is 21.2. The molecular formula is C11H12FNO3. The summed E-state index contributed by atoms with van der Waals surface area (Å²) in [4.78, 5) is 13.0. The lowest BCUT2D eigenvalue weighted by Crippen LogP contribution is -2.51. The van der Waals surface area contributed by atoms with E-state index in [0.717, 1.165) is 0 Å². The zero-order chi connectivity index (χ0) is 11.5. The van der Waals surface area contributed by atoms with Crippen molar-refractivity contribution in [2.24, 2.45) is 0 Å². The van der Waals surface area contributed by atoms with Crippen LogP contribution in [0, 0.1) is 5.82 Å². The molecule has 1 aromatic rings. The van der Waals surface area contributed by atoms with Crippen molar-refractivity contribution in [1.82, 2.24) is 0 Å². The maximum atomic E-state index is 13.0. The minimum Gasteiger partial charge on any atom is -0.394 e. The number of ether oxygens (including phenoxy) is 1. The monoisotopic (exact) mass is 225 g/mol. The predicted octanol–water partition coefficient (Wildman–Crippen LogP) is 0.550. The van der Waals surface area contributed by atoms with E-state index in [9.17, 15) is 9.18 Å². The quantitative estimate of drug-likeness (QED) is 0.799. The maximum Gasteiger partial charge on any atom is 0.253 e. The van der Waals surface area contributed by atoms with E-state index in [4.69, 9.17) is 9.84 Å². The molecule has 0 saturated carbocycles. The Balaban J connectivity index is 2.31. The molecule has 4 nitrogen and oxygen atoms in total. The lowest BCUT2D eigenvalue weighted by atomic mass is 10.2. The van der Waals surface area contributed by atoms with Crippen molar-refractivity contribution in [3.8, 4) is 0 Å². The number of carbonyl (C=O) groups is 1. The molecule has 0 aliphatic carbocycles. The van der Waals surface area contributed by atoms with Crippen LogP contribution in [0.25, 0.3) is 0 Å². The van der Waals surface area contributed by atoms with Crippen LogP contribution in [0.5, 0.6) is 0 Å². The second-order valence-electron chi connectivity index (χ2n) is 3.60. The summed E-state index contributed by atoms with van der Waals surface area (Å²) in [5, 5.41) is 9.14. The van der Waals surface area contributed by atoms with Gasteiger partial charge < -0.3 is 14.7 Å². The molecule has 1 aliphatic heterocycles. The summed E-state index contributed by atoms with van der Waals surface area (Å²) in [6, 6.07) is 5.30. The van der Waals surface area contributed by atoms with E-state index in [1.165, 1.54) is 23.1 Å². The number of aliphatic hydroxyl groups excluding tert-OH is 1. The topological polar surface area (TPSA) is 49.8 Å². The van der Waals surface area contributed by atoms with Gasteiger partial charge in [-0.05, 0) is 18.2 Å². The molecule has 86 valence electrons. The van der Waals surface area contributed by atoms with Crippen molar-refractivity contribution in [3.63, 3.8) is 0 Å². The molecule has 1 unspecified atom stereocenters. The summed E-state index contributed by atoms with van der Waals surface area (Å²) >= 11 is 0. The molecule has 1 fully saturated rings. The summed E-state index contributed by atoms with van der Waals surface area (Å²) in [5.74, 6) is -0.676. The number of hydrogen-bond acceptors (Lipinski definition) is 3. The number of benzene rings is 1. The van der Waals surface area contributed by atoms with Gasteiger partial charge in [0.05, 0.1) is 19.3 Å². The number of nitrogens with zero attached hydrogens (tertiary/aromatic N) is 1. The summed E-state index contributed by atoms with van der Waals surface area (Å²) in [6.45, 7) is 0.0218. The van der Waals surface area contributed by atoms with Crippen LogP contribution in [0.3, 0.4) is 0 Å². The van der Waals surface area contributed by atoms with Gasteiger partial charge in [-0.2, -0.15) is 0 Å². The van der Waals surface area contributed by atoms with Crippen LogP contribution in [0.15, 0.2) is 24.3 Å². The smallest absolute Gasteiger partial charge is 0.253 e. The number of hydrogen-bond donors (Lipinski definition) is 1. The summed E-state index contributed by atoms with van der Waals surface area (Å²) in [5.41, 5.74) is 0.451. The fourth-order valence-corrected chi connectivity index (χ4v) is 1.75. The van der Waals surface area contributed by atoms with E-state index >= 15 is 0 Å². The molecule has 1 amide bonds. The standard InChI is InChI=1S/C11H12FNO3/c12-8-2-1-3-9(4-8)13-10(5-14)6-16-7-11(13)15/h1-4,10,14H,5-7H2. The molecule has 1 aromatic carbocycles.